The van der Waals surface area contributed by atoms with Crippen LogP contribution in [0.4, 0.5) is 0 Å². The average Bonchev–Trinajstić information content (AvgIpc) is 2.42. The van der Waals surface area contributed by atoms with Crippen LogP contribution in [0.1, 0.15) is 38.8 Å². The zero-order valence-corrected chi connectivity index (χ0v) is 18.1. The van der Waals surface area contributed by atoms with Crippen LogP contribution < -0.4 is 15.4 Å². The van der Waals surface area contributed by atoms with Crippen LogP contribution >= 0.6 is 24.0 Å². The van der Waals surface area contributed by atoms with E-state index in [-0.39, 0.29) is 35.8 Å². The Morgan fingerprint density at radius 2 is 1.58 bits per heavy atom. The molecule has 0 saturated heterocycles. The summed E-state index contributed by atoms with van der Waals surface area (Å²) in [6.07, 6.45) is 0. The third-order valence-corrected chi connectivity index (χ3v) is 4.45. The van der Waals surface area contributed by atoms with E-state index in [1.54, 1.807) is 7.05 Å². The first-order chi connectivity index (χ1) is 10.7. The fourth-order valence-corrected chi connectivity index (χ4v) is 3.46. The van der Waals surface area contributed by atoms with Crippen molar-refractivity contribution in [3.63, 3.8) is 0 Å². The Labute approximate surface area is 163 Å². The van der Waals surface area contributed by atoms with E-state index in [4.69, 9.17) is 0 Å². The number of nitrogens with one attached hydrogen (secondary N) is 3. The van der Waals surface area contributed by atoms with Crippen LogP contribution in [0.3, 0.4) is 0 Å². The summed E-state index contributed by atoms with van der Waals surface area (Å²) in [5.41, 5.74) is 1.83. The molecule has 0 amide bonds. The lowest BCUT2D eigenvalue weighted by Crippen LogP contribution is -2.40. The van der Waals surface area contributed by atoms with Gasteiger partial charge < -0.3 is 10.6 Å². The van der Waals surface area contributed by atoms with Crippen LogP contribution in [0.2, 0.25) is 0 Å². The molecule has 0 radical (unpaired) electrons. The summed E-state index contributed by atoms with van der Waals surface area (Å²) in [6.45, 7) is 8.35. The lowest BCUT2D eigenvalue weighted by molar-refractivity contribution is 0.569. The molecule has 0 unspecified atom stereocenters. The van der Waals surface area contributed by atoms with Crippen LogP contribution in [-0.4, -0.2) is 33.5 Å². The highest BCUT2D eigenvalue weighted by atomic mass is 127. The summed E-state index contributed by atoms with van der Waals surface area (Å²) < 4.78 is 26.4. The first kappa shape index (κ1) is 23.1. The van der Waals surface area contributed by atoms with Crippen molar-refractivity contribution >= 4 is 40.0 Å². The number of aliphatic imine (C=N–C) groups is 1. The molecule has 0 atom stereocenters. The molecule has 3 N–H and O–H groups in total. The van der Waals surface area contributed by atoms with Crippen molar-refractivity contribution in [3.8, 4) is 0 Å². The topological polar surface area (TPSA) is 82.6 Å². The molecule has 8 heteroatoms. The molecule has 0 heterocycles. The Morgan fingerprint density at radius 1 is 1.04 bits per heavy atom. The fourth-order valence-electron chi connectivity index (χ4n) is 2.03. The van der Waals surface area contributed by atoms with Gasteiger partial charge in [0.05, 0.1) is 5.75 Å². The molecule has 0 aromatic heterocycles. The summed E-state index contributed by atoms with van der Waals surface area (Å²) in [5.74, 6) is 0.739. The Balaban J connectivity index is 0.00000529. The lowest BCUT2D eigenvalue weighted by atomic mass is 10.1. The summed E-state index contributed by atoms with van der Waals surface area (Å²) in [4.78, 5) is 4.14. The molecule has 0 aliphatic rings. The predicted molar refractivity (Wildman–Crippen MR) is 111 cm³/mol. The highest BCUT2D eigenvalue weighted by Crippen LogP contribution is 2.08. The van der Waals surface area contributed by atoms with E-state index in [0.29, 0.717) is 12.6 Å². The Hall–Kier alpha value is -0.870. The molecular weight excluding hydrogens is 439 g/mol. The number of rotatable bonds is 7. The first-order valence-electron chi connectivity index (χ1n) is 7.77. The number of nitrogens with zero attached hydrogens (tertiary/aromatic N) is 1. The molecule has 0 aliphatic heterocycles. The van der Waals surface area contributed by atoms with Gasteiger partial charge in [0.1, 0.15) is 0 Å². The van der Waals surface area contributed by atoms with E-state index in [1.165, 1.54) is 0 Å². The Kier molecular flexibility index (Phi) is 10.5. The summed E-state index contributed by atoms with van der Waals surface area (Å²) in [7, 11) is -1.56. The lowest BCUT2D eigenvalue weighted by Gasteiger charge is -2.14. The molecule has 24 heavy (non-hydrogen) atoms. The van der Waals surface area contributed by atoms with Gasteiger partial charge in [0.2, 0.25) is 10.0 Å². The van der Waals surface area contributed by atoms with Crippen molar-refractivity contribution in [2.75, 3.05) is 7.05 Å². The average molecular weight is 468 g/mol. The van der Waals surface area contributed by atoms with E-state index in [2.05, 4.69) is 20.3 Å². The second-order valence-electron chi connectivity index (χ2n) is 6.07. The van der Waals surface area contributed by atoms with E-state index in [0.717, 1.165) is 17.1 Å². The summed E-state index contributed by atoms with van der Waals surface area (Å²) in [6, 6.07) is 7.75. The third kappa shape index (κ3) is 9.43. The van der Waals surface area contributed by atoms with Crippen molar-refractivity contribution in [3.05, 3.63) is 35.4 Å². The second kappa shape index (κ2) is 10.9. The minimum Gasteiger partial charge on any atom is -0.354 e. The van der Waals surface area contributed by atoms with E-state index >= 15 is 0 Å². The highest BCUT2D eigenvalue weighted by molar-refractivity contribution is 14.0. The first-order valence-corrected chi connectivity index (χ1v) is 9.42. The molecule has 1 rings (SSSR count). The molecule has 0 spiro atoms. The number of sulfonamides is 1. The third-order valence-electron chi connectivity index (χ3n) is 2.90. The van der Waals surface area contributed by atoms with Crippen LogP contribution in [0.5, 0.6) is 0 Å². The van der Waals surface area contributed by atoms with Gasteiger partial charge in [-0.05, 0) is 38.8 Å². The van der Waals surface area contributed by atoms with Gasteiger partial charge in [-0.15, -0.1) is 24.0 Å². The van der Waals surface area contributed by atoms with Gasteiger partial charge in [-0.1, -0.05) is 24.3 Å². The van der Waals surface area contributed by atoms with Crippen LogP contribution in [0, 0.1) is 0 Å². The maximum Gasteiger partial charge on any atom is 0.216 e. The maximum atomic E-state index is 11.9. The quantitative estimate of drug-likeness (QED) is 0.326. The number of hydrogen-bond donors (Lipinski definition) is 3. The number of guanidine groups is 1. The van der Waals surface area contributed by atoms with Crippen LogP contribution in [0.25, 0.3) is 0 Å². The van der Waals surface area contributed by atoms with E-state index in [9.17, 15) is 8.42 Å². The molecule has 0 bridgehead atoms. The van der Waals surface area contributed by atoms with Crippen LogP contribution in [0.15, 0.2) is 29.3 Å². The van der Waals surface area contributed by atoms with Crippen molar-refractivity contribution in [2.45, 2.75) is 52.1 Å². The molecule has 1 aromatic rings. The zero-order chi connectivity index (χ0) is 17.5. The van der Waals surface area contributed by atoms with Crippen LogP contribution in [-0.2, 0) is 22.3 Å². The van der Waals surface area contributed by atoms with E-state index in [1.807, 2.05) is 52.0 Å². The van der Waals surface area contributed by atoms with E-state index < -0.39 is 10.0 Å². The predicted octanol–water partition coefficient (Wildman–Crippen LogP) is 2.21. The zero-order valence-electron chi connectivity index (χ0n) is 15.0. The molecule has 6 nitrogen and oxygen atoms in total. The van der Waals surface area contributed by atoms with Gasteiger partial charge in [0.15, 0.2) is 5.96 Å². The highest BCUT2D eigenvalue weighted by Gasteiger charge is 2.12. The second-order valence-corrected chi connectivity index (χ2v) is 7.83. The van der Waals surface area contributed by atoms with Crippen molar-refractivity contribution < 1.29 is 8.42 Å². The van der Waals surface area contributed by atoms with Crippen molar-refractivity contribution in [1.82, 2.24) is 15.4 Å². The molecule has 0 saturated carbocycles. The molecule has 0 aliphatic carbocycles. The number of benzene rings is 1. The van der Waals surface area contributed by atoms with Gasteiger partial charge in [-0.25, -0.2) is 13.1 Å². The monoisotopic (exact) mass is 468 g/mol. The van der Waals surface area contributed by atoms with Crippen molar-refractivity contribution in [2.24, 2.45) is 4.99 Å². The SMILES string of the molecule is CN=C(NCc1ccc(CS(=O)(=O)NC(C)C)cc1)NC(C)C.I. The van der Waals surface area contributed by atoms with Crippen molar-refractivity contribution in [1.29, 1.82) is 0 Å². The minimum absolute atomic E-state index is 0. The Morgan fingerprint density at radius 3 is 2.04 bits per heavy atom. The smallest absolute Gasteiger partial charge is 0.216 e. The molecule has 0 fully saturated rings. The largest absolute Gasteiger partial charge is 0.354 e. The Bertz CT molecular complexity index is 613. The molecular formula is C16H29IN4O2S. The normalized spacial score (nSPS) is 12.2. The van der Waals surface area contributed by atoms with Gasteiger partial charge >= 0.3 is 0 Å². The summed E-state index contributed by atoms with van der Waals surface area (Å²) in [5, 5.41) is 6.43. The molecule has 138 valence electrons. The fraction of sp³-hybridized carbons (Fsp3) is 0.562. The van der Waals surface area contributed by atoms with Gasteiger partial charge in [0.25, 0.3) is 0 Å². The molecule has 1 aromatic carbocycles. The minimum atomic E-state index is -3.28. The standard InChI is InChI=1S/C16H28N4O2S.HI/c1-12(2)19-16(17-5)18-10-14-6-8-15(9-7-14)11-23(21,22)20-13(3)4;/h6-9,12-13,20H,10-11H2,1-5H3,(H2,17,18,19);1H. The van der Waals surface area contributed by atoms with Gasteiger partial charge in [-0.3, -0.25) is 4.99 Å². The summed E-state index contributed by atoms with van der Waals surface area (Å²) >= 11 is 0. The van der Waals surface area contributed by atoms with Gasteiger partial charge in [0, 0.05) is 25.7 Å². The number of hydrogen-bond acceptors (Lipinski definition) is 3. The maximum absolute atomic E-state index is 11.9. The number of halogens is 1. The van der Waals surface area contributed by atoms with Gasteiger partial charge in [-0.2, -0.15) is 0 Å².